The van der Waals surface area contributed by atoms with Crippen LogP contribution in [0, 0.1) is 0 Å². The Hall–Kier alpha value is -2.14. The molecule has 0 saturated heterocycles. The molecule has 2 aromatic rings. The molecular weight excluding hydrogens is 268 g/mol. The number of hydrogen-bond acceptors (Lipinski definition) is 4. The molecule has 1 heterocycles. The summed E-state index contributed by atoms with van der Waals surface area (Å²) < 4.78 is 7.35. The minimum atomic E-state index is -0.586. The van der Waals surface area contributed by atoms with E-state index >= 15 is 0 Å². The van der Waals surface area contributed by atoms with E-state index in [1.165, 1.54) is 0 Å². The first kappa shape index (κ1) is 15.3. The number of aliphatic hydroxyl groups is 1. The first-order valence-corrected chi connectivity index (χ1v) is 6.98. The molecule has 0 fully saturated rings. The van der Waals surface area contributed by atoms with Gasteiger partial charge >= 0.3 is 0 Å². The quantitative estimate of drug-likeness (QED) is 0.805. The fourth-order valence-electron chi connectivity index (χ4n) is 1.96. The van der Waals surface area contributed by atoms with Crippen LogP contribution in [0.1, 0.15) is 18.9 Å². The van der Waals surface area contributed by atoms with Gasteiger partial charge in [-0.2, -0.15) is 0 Å². The minimum Gasteiger partial charge on any atom is -0.491 e. The molecule has 0 saturated carbocycles. The maximum atomic E-state index is 10.9. The summed E-state index contributed by atoms with van der Waals surface area (Å²) in [6.45, 7) is 2.28. The van der Waals surface area contributed by atoms with Gasteiger partial charge < -0.3 is 19.2 Å². The van der Waals surface area contributed by atoms with Crippen LogP contribution in [0.2, 0.25) is 0 Å². The number of rotatable bonds is 8. The lowest BCUT2D eigenvalue weighted by Gasteiger charge is -2.13. The molecule has 0 radical (unpaired) electrons. The number of ether oxygens (including phenoxy) is 1. The Labute approximate surface area is 124 Å². The molecule has 0 aliphatic carbocycles. The number of ketones is 1. The van der Waals surface area contributed by atoms with Crippen molar-refractivity contribution in [2.45, 2.75) is 32.4 Å². The highest BCUT2D eigenvalue weighted by Gasteiger charge is 2.06. The predicted molar refractivity (Wildman–Crippen MR) is 79.2 cm³/mol. The molecule has 1 aromatic heterocycles. The fraction of sp³-hybridized carbons (Fsp3) is 0.375. The number of imidazole rings is 1. The molecule has 1 aromatic carbocycles. The molecule has 1 atom stereocenters. The minimum absolute atomic E-state index is 0.193. The summed E-state index contributed by atoms with van der Waals surface area (Å²) in [5, 5.41) is 9.87. The standard InChI is InChI=1S/C16H20N2O3/c1-13(19)2-3-14-4-6-16(7-5-14)21-11-15(20)10-18-9-8-17-12-18/h4-9,12,15,20H,2-3,10-11H2,1H3. The molecule has 0 aliphatic rings. The largest absolute Gasteiger partial charge is 0.491 e. The van der Waals surface area contributed by atoms with E-state index in [2.05, 4.69) is 4.98 Å². The molecule has 0 spiro atoms. The molecule has 5 heteroatoms. The lowest BCUT2D eigenvalue weighted by Crippen LogP contribution is -2.22. The van der Waals surface area contributed by atoms with Crippen molar-refractivity contribution in [3.63, 3.8) is 0 Å². The Morgan fingerprint density at radius 2 is 2.14 bits per heavy atom. The van der Waals surface area contributed by atoms with Gasteiger partial charge in [-0.25, -0.2) is 4.98 Å². The van der Waals surface area contributed by atoms with E-state index in [0.717, 1.165) is 12.0 Å². The molecule has 1 N–H and O–H groups in total. The van der Waals surface area contributed by atoms with E-state index in [4.69, 9.17) is 4.74 Å². The van der Waals surface area contributed by atoms with Crippen LogP contribution < -0.4 is 4.74 Å². The van der Waals surface area contributed by atoms with Crippen molar-refractivity contribution in [2.24, 2.45) is 0 Å². The lowest BCUT2D eigenvalue weighted by atomic mass is 10.1. The number of nitrogens with zero attached hydrogens (tertiary/aromatic N) is 2. The van der Waals surface area contributed by atoms with Crippen molar-refractivity contribution < 1.29 is 14.6 Å². The molecule has 0 amide bonds. The molecule has 112 valence electrons. The van der Waals surface area contributed by atoms with Crippen LogP contribution >= 0.6 is 0 Å². The molecule has 0 bridgehead atoms. The topological polar surface area (TPSA) is 64.3 Å². The second-order valence-corrected chi connectivity index (χ2v) is 5.07. The third-order valence-corrected chi connectivity index (χ3v) is 3.11. The third-order valence-electron chi connectivity index (χ3n) is 3.11. The van der Waals surface area contributed by atoms with Crippen LogP contribution in [0.4, 0.5) is 0 Å². The van der Waals surface area contributed by atoms with Gasteiger partial charge in [-0.1, -0.05) is 12.1 Å². The first-order chi connectivity index (χ1) is 10.1. The van der Waals surface area contributed by atoms with Gasteiger partial charge in [0, 0.05) is 18.8 Å². The Morgan fingerprint density at radius 3 is 2.76 bits per heavy atom. The van der Waals surface area contributed by atoms with Crippen LogP contribution in [-0.2, 0) is 17.8 Å². The smallest absolute Gasteiger partial charge is 0.130 e. The monoisotopic (exact) mass is 288 g/mol. The third kappa shape index (κ3) is 5.39. The van der Waals surface area contributed by atoms with Crippen LogP contribution in [-0.4, -0.2) is 33.2 Å². The number of hydrogen-bond donors (Lipinski definition) is 1. The van der Waals surface area contributed by atoms with E-state index in [-0.39, 0.29) is 12.4 Å². The van der Waals surface area contributed by atoms with Gasteiger partial charge in [0.25, 0.3) is 0 Å². The molecule has 1 unspecified atom stereocenters. The molecule has 21 heavy (non-hydrogen) atoms. The molecular formula is C16H20N2O3. The van der Waals surface area contributed by atoms with Gasteiger partial charge in [-0.05, 0) is 31.0 Å². The summed E-state index contributed by atoms with van der Waals surface area (Å²) in [6.07, 6.45) is 5.85. The number of aliphatic hydroxyl groups excluding tert-OH is 1. The normalized spacial score (nSPS) is 12.1. The van der Waals surface area contributed by atoms with Gasteiger partial charge in [0.2, 0.25) is 0 Å². The van der Waals surface area contributed by atoms with E-state index in [1.807, 2.05) is 24.3 Å². The van der Waals surface area contributed by atoms with Crippen molar-refractivity contribution in [3.8, 4) is 5.75 Å². The maximum absolute atomic E-state index is 10.9. The highest BCUT2D eigenvalue weighted by atomic mass is 16.5. The fourth-order valence-corrected chi connectivity index (χ4v) is 1.96. The summed E-state index contributed by atoms with van der Waals surface area (Å²) in [7, 11) is 0. The second kappa shape index (κ2) is 7.59. The van der Waals surface area contributed by atoms with Crippen molar-refractivity contribution in [1.82, 2.24) is 9.55 Å². The molecule has 2 rings (SSSR count). The second-order valence-electron chi connectivity index (χ2n) is 5.07. The van der Waals surface area contributed by atoms with Crippen LogP contribution in [0.5, 0.6) is 5.75 Å². The summed E-state index contributed by atoms with van der Waals surface area (Å²) >= 11 is 0. The van der Waals surface area contributed by atoms with Crippen molar-refractivity contribution >= 4 is 5.78 Å². The van der Waals surface area contributed by atoms with Crippen LogP contribution in [0.25, 0.3) is 0 Å². The number of benzene rings is 1. The average Bonchev–Trinajstić information content (AvgIpc) is 2.97. The van der Waals surface area contributed by atoms with Gasteiger partial charge in [0.05, 0.1) is 12.9 Å². The Morgan fingerprint density at radius 1 is 1.38 bits per heavy atom. The zero-order valence-corrected chi connectivity index (χ0v) is 12.1. The summed E-state index contributed by atoms with van der Waals surface area (Å²) in [5.74, 6) is 0.907. The van der Waals surface area contributed by atoms with E-state index < -0.39 is 6.10 Å². The SMILES string of the molecule is CC(=O)CCc1ccc(OCC(O)Cn2ccnc2)cc1. The Balaban J connectivity index is 1.76. The summed E-state index contributed by atoms with van der Waals surface area (Å²) in [4.78, 5) is 14.9. The van der Waals surface area contributed by atoms with Crippen molar-refractivity contribution in [3.05, 3.63) is 48.5 Å². The predicted octanol–water partition coefficient (Wildman–Crippen LogP) is 1.84. The van der Waals surface area contributed by atoms with E-state index in [1.54, 1.807) is 30.2 Å². The van der Waals surface area contributed by atoms with Gasteiger partial charge in [0.1, 0.15) is 24.2 Å². The van der Waals surface area contributed by atoms with Gasteiger partial charge in [-0.3, -0.25) is 0 Å². The molecule has 0 aliphatic heterocycles. The lowest BCUT2D eigenvalue weighted by molar-refractivity contribution is -0.116. The number of aryl methyl sites for hydroxylation is 1. The maximum Gasteiger partial charge on any atom is 0.130 e. The van der Waals surface area contributed by atoms with Gasteiger partial charge in [0.15, 0.2) is 0 Å². The van der Waals surface area contributed by atoms with Crippen LogP contribution in [0.3, 0.4) is 0 Å². The highest BCUT2D eigenvalue weighted by Crippen LogP contribution is 2.14. The van der Waals surface area contributed by atoms with E-state index in [9.17, 15) is 9.90 Å². The number of Topliss-reactive ketones (excluding diaryl/α,β-unsaturated/α-hetero) is 1. The zero-order valence-electron chi connectivity index (χ0n) is 12.1. The number of carbonyl (C=O) groups is 1. The van der Waals surface area contributed by atoms with Crippen molar-refractivity contribution in [1.29, 1.82) is 0 Å². The van der Waals surface area contributed by atoms with Crippen LogP contribution in [0.15, 0.2) is 43.0 Å². The number of carbonyl (C=O) groups excluding carboxylic acids is 1. The molecule has 5 nitrogen and oxygen atoms in total. The van der Waals surface area contributed by atoms with Crippen molar-refractivity contribution in [2.75, 3.05) is 6.61 Å². The Bertz CT molecular complexity index is 549. The summed E-state index contributed by atoms with van der Waals surface area (Å²) in [5.41, 5.74) is 1.11. The van der Waals surface area contributed by atoms with E-state index in [0.29, 0.717) is 18.7 Å². The average molecular weight is 288 g/mol. The van der Waals surface area contributed by atoms with Gasteiger partial charge in [-0.15, -0.1) is 0 Å². The zero-order chi connectivity index (χ0) is 15.1. The number of aromatic nitrogens is 2. The first-order valence-electron chi connectivity index (χ1n) is 6.98. The Kier molecular flexibility index (Phi) is 5.51. The highest BCUT2D eigenvalue weighted by molar-refractivity contribution is 5.75. The summed E-state index contributed by atoms with van der Waals surface area (Å²) in [6, 6.07) is 7.61.